The molecule has 2 saturated heterocycles. The summed E-state index contributed by atoms with van der Waals surface area (Å²) in [7, 11) is 0. The lowest BCUT2D eigenvalue weighted by Crippen LogP contribution is -2.37. The van der Waals surface area contributed by atoms with Gasteiger partial charge in [-0.1, -0.05) is 60.7 Å². The highest BCUT2D eigenvalue weighted by Crippen LogP contribution is 2.48. The molecule has 4 aromatic rings. The van der Waals surface area contributed by atoms with Gasteiger partial charge < -0.3 is 0 Å². The number of imide groups is 1. The van der Waals surface area contributed by atoms with Crippen molar-refractivity contribution in [2.24, 2.45) is 5.92 Å². The topological polar surface area (TPSA) is 49.9 Å². The molecular weight excluding hydrogens is 438 g/mol. The fourth-order valence-corrected chi connectivity index (χ4v) is 4.89. The SMILES string of the molecule is O=C1[C@@H]2[C@@H](ON(c3ccccc3)[C@H]2c2ccc(F)c(F)c2)C(=O)N1c1cccc2ccccc12. The molecule has 4 aromatic carbocycles. The Morgan fingerprint density at radius 2 is 1.47 bits per heavy atom. The van der Waals surface area contributed by atoms with Crippen molar-refractivity contribution < 1.29 is 23.2 Å². The molecule has 34 heavy (non-hydrogen) atoms. The lowest BCUT2D eigenvalue weighted by molar-refractivity contribution is -0.126. The number of hydroxylamine groups is 1. The quantitative estimate of drug-likeness (QED) is 0.399. The number of halogens is 2. The summed E-state index contributed by atoms with van der Waals surface area (Å²) >= 11 is 0. The molecular formula is C27H18F2N2O3. The summed E-state index contributed by atoms with van der Waals surface area (Å²) < 4.78 is 27.9. The first-order valence-electron chi connectivity index (χ1n) is 10.9. The number of amides is 2. The van der Waals surface area contributed by atoms with E-state index in [0.717, 1.165) is 27.8 Å². The van der Waals surface area contributed by atoms with Crippen molar-refractivity contribution in [1.29, 1.82) is 0 Å². The molecule has 5 nitrogen and oxygen atoms in total. The van der Waals surface area contributed by atoms with E-state index in [-0.39, 0.29) is 0 Å². The Balaban J connectivity index is 1.48. The maximum atomic E-state index is 14.2. The number of nitrogens with zero attached hydrogens (tertiary/aromatic N) is 2. The highest BCUT2D eigenvalue weighted by Gasteiger charge is 2.60. The first kappa shape index (κ1) is 20.5. The smallest absolute Gasteiger partial charge is 0.266 e. The van der Waals surface area contributed by atoms with Crippen LogP contribution in [-0.2, 0) is 14.4 Å². The summed E-state index contributed by atoms with van der Waals surface area (Å²) in [5, 5.41) is 3.11. The number of benzene rings is 4. The third kappa shape index (κ3) is 3.01. The fraction of sp³-hybridized carbons (Fsp3) is 0.111. The van der Waals surface area contributed by atoms with Gasteiger partial charge in [-0.15, -0.1) is 0 Å². The maximum Gasteiger partial charge on any atom is 0.266 e. The number of carbonyl (C=O) groups is 2. The molecule has 0 aliphatic carbocycles. The first-order chi connectivity index (χ1) is 16.5. The summed E-state index contributed by atoms with van der Waals surface area (Å²) in [4.78, 5) is 34.5. The summed E-state index contributed by atoms with van der Waals surface area (Å²) in [6.07, 6.45) is -1.09. The van der Waals surface area contributed by atoms with Crippen molar-refractivity contribution in [2.45, 2.75) is 12.1 Å². The largest absolute Gasteiger partial charge is 0.273 e. The van der Waals surface area contributed by atoms with E-state index in [0.29, 0.717) is 16.9 Å². The van der Waals surface area contributed by atoms with Gasteiger partial charge in [0.25, 0.3) is 5.91 Å². The molecule has 2 amide bonds. The normalized spacial score (nSPS) is 22.0. The minimum absolute atomic E-state index is 0.344. The van der Waals surface area contributed by atoms with E-state index in [1.165, 1.54) is 11.1 Å². The molecule has 2 aliphatic heterocycles. The predicted molar refractivity (Wildman–Crippen MR) is 123 cm³/mol. The van der Waals surface area contributed by atoms with Gasteiger partial charge in [0.05, 0.1) is 17.4 Å². The first-order valence-corrected chi connectivity index (χ1v) is 10.9. The van der Waals surface area contributed by atoms with Crippen molar-refractivity contribution in [3.63, 3.8) is 0 Å². The molecule has 2 heterocycles. The molecule has 0 unspecified atom stereocenters. The standard InChI is InChI=1S/C27H18F2N2O3/c28-20-14-13-17(15-21(20)29)24-23-25(34-31(24)18-9-2-1-3-10-18)27(33)30(26(23)32)22-12-6-8-16-7-4-5-11-19(16)22/h1-15,23-25H/t23-,24-,25+/m0/s1. The Morgan fingerprint density at radius 3 is 2.26 bits per heavy atom. The predicted octanol–water partition coefficient (Wildman–Crippen LogP) is 5.17. The molecule has 2 aliphatic rings. The van der Waals surface area contributed by atoms with Gasteiger partial charge in [0.1, 0.15) is 5.92 Å². The molecule has 6 rings (SSSR count). The van der Waals surface area contributed by atoms with E-state index < -0.39 is 41.5 Å². The number of carbonyl (C=O) groups excluding carboxylic acids is 2. The number of hydrogen-bond donors (Lipinski definition) is 0. The molecule has 0 saturated carbocycles. The fourth-order valence-electron chi connectivity index (χ4n) is 4.89. The average Bonchev–Trinajstić information content (AvgIpc) is 3.37. The summed E-state index contributed by atoms with van der Waals surface area (Å²) in [6.45, 7) is 0. The van der Waals surface area contributed by atoms with E-state index in [4.69, 9.17) is 4.84 Å². The molecule has 0 radical (unpaired) electrons. The Labute approximate surface area is 193 Å². The van der Waals surface area contributed by atoms with Crippen LogP contribution in [0.3, 0.4) is 0 Å². The number of fused-ring (bicyclic) bond motifs is 2. The van der Waals surface area contributed by atoms with Crippen LogP contribution in [0.15, 0.2) is 91.0 Å². The molecule has 7 heteroatoms. The van der Waals surface area contributed by atoms with Gasteiger partial charge >= 0.3 is 0 Å². The molecule has 168 valence electrons. The van der Waals surface area contributed by atoms with E-state index in [2.05, 4.69) is 0 Å². The zero-order valence-corrected chi connectivity index (χ0v) is 17.8. The number of hydrogen-bond acceptors (Lipinski definition) is 4. The van der Waals surface area contributed by atoms with E-state index in [1.54, 1.807) is 36.4 Å². The molecule has 3 atom stereocenters. The van der Waals surface area contributed by atoms with Crippen LogP contribution in [0.5, 0.6) is 0 Å². The second kappa shape index (κ2) is 7.74. The van der Waals surface area contributed by atoms with Gasteiger partial charge in [-0.25, -0.2) is 18.7 Å². The Hall–Kier alpha value is -4.10. The van der Waals surface area contributed by atoms with Gasteiger partial charge in [0, 0.05) is 5.39 Å². The molecule has 0 bridgehead atoms. The molecule has 0 N–H and O–H groups in total. The second-order valence-electron chi connectivity index (χ2n) is 8.34. The van der Waals surface area contributed by atoms with Crippen molar-refractivity contribution in [3.8, 4) is 0 Å². The minimum Gasteiger partial charge on any atom is -0.273 e. The number of para-hydroxylation sites is 1. The van der Waals surface area contributed by atoms with Gasteiger partial charge in [0.15, 0.2) is 17.7 Å². The third-order valence-electron chi connectivity index (χ3n) is 6.42. The lowest BCUT2D eigenvalue weighted by atomic mass is 9.90. The Kier molecular flexibility index (Phi) is 4.67. The maximum absolute atomic E-state index is 14.2. The molecule has 0 aromatic heterocycles. The highest BCUT2D eigenvalue weighted by atomic mass is 19.2. The molecule has 2 fully saturated rings. The van der Waals surface area contributed by atoms with Gasteiger partial charge in [0.2, 0.25) is 5.91 Å². The number of anilines is 2. The third-order valence-corrected chi connectivity index (χ3v) is 6.42. The van der Waals surface area contributed by atoms with E-state index in [9.17, 15) is 18.4 Å². The number of rotatable bonds is 3. The summed E-state index contributed by atoms with van der Waals surface area (Å²) in [5.41, 5.74) is 1.42. The average molecular weight is 456 g/mol. The summed E-state index contributed by atoms with van der Waals surface area (Å²) in [5.74, 6) is -3.89. The minimum atomic E-state index is -1.09. The van der Waals surface area contributed by atoms with Crippen molar-refractivity contribution in [2.75, 3.05) is 9.96 Å². The molecule has 0 spiro atoms. The van der Waals surface area contributed by atoms with Crippen LogP contribution in [0.4, 0.5) is 20.2 Å². The monoisotopic (exact) mass is 456 g/mol. The highest BCUT2D eigenvalue weighted by molar-refractivity contribution is 6.26. The summed E-state index contributed by atoms with van der Waals surface area (Å²) in [6, 6.07) is 24.5. The van der Waals surface area contributed by atoms with Crippen LogP contribution in [-0.4, -0.2) is 17.9 Å². The van der Waals surface area contributed by atoms with E-state index in [1.807, 2.05) is 36.4 Å². The van der Waals surface area contributed by atoms with Crippen molar-refractivity contribution >= 4 is 34.0 Å². The van der Waals surface area contributed by atoms with Crippen LogP contribution >= 0.6 is 0 Å². The van der Waals surface area contributed by atoms with Crippen LogP contribution in [0.25, 0.3) is 10.8 Å². The van der Waals surface area contributed by atoms with Crippen molar-refractivity contribution in [1.82, 2.24) is 0 Å². The Morgan fingerprint density at radius 1 is 0.735 bits per heavy atom. The van der Waals surface area contributed by atoms with E-state index >= 15 is 0 Å². The van der Waals surface area contributed by atoms with Crippen molar-refractivity contribution in [3.05, 3.63) is 108 Å². The lowest BCUT2D eigenvalue weighted by Gasteiger charge is -2.29. The van der Waals surface area contributed by atoms with Gasteiger partial charge in [-0.05, 0) is 41.3 Å². The van der Waals surface area contributed by atoms with Gasteiger partial charge in [-0.2, -0.15) is 0 Å². The van der Waals surface area contributed by atoms with Crippen LogP contribution < -0.4 is 9.96 Å². The van der Waals surface area contributed by atoms with Crippen LogP contribution in [0.1, 0.15) is 11.6 Å². The van der Waals surface area contributed by atoms with Crippen LogP contribution in [0.2, 0.25) is 0 Å². The second-order valence-corrected chi connectivity index (χ2v) is 8.34. The Bertz CT molecular complexity index is 1440. The van der Waals surface area contributed by atoms with Crippen LogP contribution in [0, 0.1) is 17.6 Å². The zero-order valence-electron chi connectivity index (χ0n) is 17.8. The van der Waals surface area contributed by atoms with Gasteiger partial charge in [-0.3, -0.25) is 14.4 Å². The zero-order chi connectivity index (χ0) is 23.4.